The molecule has 0 aliphatic rings. The summed E-state index contributed by atoms with van der Waals surface area (Å²) in [6.45, 7) is 5.68. The summed E-state index contributed by atoms with van der Waals surface area (Å²) >= 11 is 2.61. The number of nitro groups is 1. The summed E-state index contributed by atoms with van der Waals surface area (Å²) in [5.74, 6) is -0.661. The second kappa shape index (κ2) is 10.4. The number of carbonyl (C=O) groups is 2. The third-order valence-electron chi connectivity index (χ3n) is 4.38. The Hall–Kier alpha value is -3.24. The maximum absolute atomic E-state index is 12.6. The fraction of sp³-hybridized carbons (Fsp3) is 0.227. The molecule has 32 heavy (non-hydrogen) atoms. The standard InChI is InChI=1S/C22H22N4O4S2/c1-13(2)20(27)25-17-6-4-5-15(9-17)11-23-21(28)16-7-8-19(18(10-16)26(29)30)32-22-24-14(3)12-31-22/h4-10,12-13H,11H2,1-3H3,(H,23,28)(H,25,27). The van der Waals surface area contributed by atoms with E-state index in [-0.39, 0.29) is 29.6 Å². The van der Waals surface area contributed by atoms with Crippen LogP contribution in [-0.2, 0) is 11.3 Å². The van der Waals surface area contributed by atoms with Crippen molar-refractivity contribution in [3.63, 3.8) is 0 Å². The van der Waals surface area contributed by atoms with Gasteiger partial charge in [-0.05, 0) is 36.8 Å². The van der Waals surface area contributed by atoms with Gasteiger partial charge in [0.15, 0.2) is 4.34 Å². The first-order chi connectivity index (χ1) is 15.2. The minimum absolute atomic E-state index is 0.0932. The number of carbonyl (C=O) groups excluding carboxylic acids is 2. The van der Waals surface area contributed by atoms with E-state index in [1.807, 2.05) is 18.4 Å². The van der Waals surface area contributed by atoms with Gasteiger partial charge in [0, 0.05) is 40.9 Å². The largest absolute Gasteiger partial charge is 0.348 e. The van der Waals surface area contributed by atoms with Crippen LogP contribution in [0.2, 0.25) is 0 Å². The van der Waals surface area contributed by atoms with Crippen LogP contribution in [0.4, 0.5) is 11.4 Å². The van der Waals surface area contributed by atoms with Crippen molar-refractivity contribution in [2.75, 3.05) is 5.32 Å². The topological polar surface area (TPSA) is 114 Å². The number of anilines is 1. The van der Waals surface area contributed by atoms with Crippen LogP contribution in [0.5, 0.6) is 0 Å². The Morgan fingerprint density at radius 3 is 2.66 bits per heavy atom. The van der Waals surface area contributed by atoms with Crippen molar-refractivity contribution in [1.29, 1.82) is 0 Å². The molecule has 0 aliphatic heterocycles. The average molecular weight is 471 g/mol. The summed E-state index contributed by atoms with van der Waals surface area (Å²) in [7, 11) is 0. The quantitative estimate of drug-likeness (QED) is 0.352. The van der Waals surface area contributed by atoms with Crippen LogP contribution < -0.4 is 10.6 Å². The van der Waals surface area contributed by atoms with Crippen molar-refractivity contribution >= 4 is 46.3 Å². The molecule has 3 aromatic rings. The van der Waals surface area contributed by atoms with Crippen LogP contribution in [0.1, 0.15) is 35.5 Å². The molecular weight excluding hydrogens is 448 g/mol. The molecule has 0 aliphatic carbocycles. The summed E-state index contributed by atoms with van der Waals surface area (Å²) in [5, 5.41) is 19.0. The zero-order valence-electron chi connectivity index (χ0n) is 17.7. The van der Waals surface area contributed by atoms with E-state index in [1.54, 1.807) is 44.2 Å². The predicted octanol–water partition coefficient (Wildman–Crippen LogP) is 5.04. The molecule has 0 atom stereocenters. The summed E-state index contributed by atoms with van der Waals surface area (Å²) in [6, 6.07) is 11.6. The Bertz CT molecular complexity index is 1160. The highest BCUT2D eigenvalue weighted by atomic mass is 32.2. The molecule has 0 radical (unpaired) electrons. The Balaban J connectivity index is 1.69. The molecule has 0 spiro atoms. The molecule has 0 fully saturated rings. The highest BCUT2D eigenvalue weighted by Crippen LogP contribution is 2.36. The number of rotatable bonds is 8. The third kappa shape index (κ3) is 6.14. The predicted molar refractivity (Wildman–Crippen MR) is 125 cm³/mol. The van der Waals surface area contributed by atoms with Gasteiger partial charge in [0.1, 0.15) is 0 Å². The molecule has 166 valence electrons. The van der Waals surface area contributed by atoms with E-state index in [4.69, 9.17) is 0 Å². The smallest absolute Gasteiger partial charge is 0.284 e. The summed E-state index contributed by atoms with van der Waals surface area (Å²) < 4.78 is 0.701. The monoisotopic (exact) mass is 470 g/mol. The Morgan fingerprint density at radius 2 is 2.00 bits per heavy atom. The van der Waals surface area contributed by atoms with Gasteiger partial charge in [-0.2, -0.15) is 0 Å². The van der Waals surface area contributed by atoms with Crippen molar-refractivity contribution in [2.45, 2.75) is 36.6 Å². The van der Waals surface area contributed by atoms with Crippen molar-refractivity contribution in [3.8, 4) is 0 Å². The Morgan fingerprint density at radius 1 is 1.22 bits per heavy atom. The average Bonchev–Trinajstić information content (AvgIpc) is 3.16. The first kappa shape index (κ1) is 23.4. The van der Waals surface area contributed by atoms with Crippen LogP contribution in [0.3, 0.4) is 0 Å². The van der Waals surface area contributed by atoms with E-state index in [9.17, 15) is 19.7 Å². The molecule has 0 bridgehead atoms. The number of hydrogen-bond acceptors (Lipinski definition) is 7. The van der Waals surface area contributed by atoms with Gasteiger partial charge in [-0.25, -0.2) is 4.98 Å². The second-order valence-electron chi connectivity index (χ2n) is 7.32. The second-order valence-corrected chi connectivity index (χ2v) is 9.47. The first-order valence-electron chi connectivity index (χ1n) is 9.79. The SMILES string of the molecule is Cc1csc(Sc2ccc(C(=O)NCc3cccc(NC(=O)C(C)C)c3)cc2[N+](=O)[O-])n1. The first-order valence-corrected chi connectivity index (χ1v) is 11.5. The molecule has 0 saturated carbocycles. The van der Waals surface area contributed by atoms with Crippen LogP contribution >= 0.6 is 23.1 Å². The molecule has 0 unspecified atom stereocenters. The van der Waals surface area contributed by atoms with Gasteiger partial charge in [0.05, 0.1) is 9.82 Å². The van der Waals surface area contributed by atoms with Crippen LogP contribution in [-0.4, -0.2) is 21.7 Å². The number of nitro benzene ring substituents is 1. The fourth-order valence-electron chi connectivity index (χ4n) is 2.69. The van der Waals surface area contributed by atoms with E-state index in [0.717, 1.165) is 11.3 Å². The van der Waals surface area contributed by atoms with Gasteiger partial charge in [0.2, 0.25) is 5.91 Å². The Kier molecular flexibility index (Phi) is 7.60. The number of nitrogens with zero attached hydrogens (tertiary/aromatic N) is 2. The minimum Gasteiger partial charge on any atom is -0.348 e. The zero-order valence-corrected chi connectivity index (χ0v) is 19.4. The lowest BCUT2D eigenvalue weighted by atomic mass is 10.1. The molecule has 8 nitrogen and oxygen atoms in total. The highest BCUT2D eigenvalue weighted by Gasteiger charge is 2.19. The number of aryl methyl sites for hydroxylation is 1. The molecule has 1 heterocycles. The summed E-state index contributed by atoms with van der Waals surface area (Å²) in [6.07, 6.45) is 0. The zero-order chi connectivity index (χ0) is 23.3. The van der Waals surface area contributed by atoms with Gasteiger partial charge >= 0.3 is 0 Å². The minimum atomic E-state index is -0.500. The molecule has 3 rings (SSSR count). The molecule has 2 aromatic carbocycles. The van der Waals surface area contributed by atoms with E-state index >= 15 is 0 Å². The molecule has 2 amide bonds. The lowest BCUT2D eigenvalue weighted by molar-refractivity contribution is -0.387. The summed E-state index contributed by atoms with van der Waals surface area (Å²) in [5.41, 5.74) is 2.34. The number of benzene rings is 2. The van der Waals surface area contributed by atoms with Crippen molar-refractivity contribution in [2.24, 2.45) is 5.92 Å². The maximum Gasteiger partial charge on any atom is 0.284 e. The van der Waals surface area contributed by atoms with E-state index in [0.29, 0.717) is 14.9 Å². The number of thiazole rings is 1. The third-order valence-corrected chi connectivity index (χ3v) is 6.51. The number of nitrogens with one attached hydrogen (secondary N) is 2. The van der Waals surface area contributed by atoms with E-state index in [2.05, 4.69) is 15.6 Å². The Labute approximate surface area is 193 Å². The van der Waals surface area contributed by atoms with Gasteiger partial charge in [-0.15, -0.1) is 11.3 Å². The van der Waals surface area contributed by atoms with Crippen LogP contribution in [0.25, 0.3) is 0 Å². The van der Waals surface area contributed by atoms with Gasteiger partial charge < -0.3 is 10.6 Å². The maximum atomic E-state index is 12.6. The van der Waals surface area contributed by atoms with Gasteiger partial charge in [-0.3, -0.25) is 19.7 Å². The van der Waals surface area contributed by atoms with E-state index < -0.39 is 10.8 Å². The van der Waals surface area contributed by atoms with Crippen molar-refractivity contribution in [3.05, 3.63) is 74.8 Å². The van der Waals surface area contributed by atoms with E-state index in [1.165, 1.54) is 29.2 Å². The van der Waals surface area contributed by atoms with Crippen molar-refractivity contribution in [1.82, 2.24) is 10.3 Å². The lowest BCUT2D eigenvalue weighted by Gasteiger charge is -2.10. The molecule has 10 heteroatoms. The molecule has 0 saturated heterocycles. The number of aromatic nitrogens is 1. The normalized spacial score (nSPS) is 10.8. The fourth-order valence-corrected chi connectivity index (χ4v) is 4.57. The van der Waals surface area contributed by atoms with Crippen LogP contribution in [0, 0.1) is 23.0 Å². The van der Waals surface area contributed by atoms with Crippen molar-refractivity contribution < 1.29 is 14.5 Å². The van der Waals surface area contributed by atoms with Gasteiger partial charge in [0.25, 0.3) is 11.6 Å². The molecule has 2 N–H and O–H groups in total. The van der Waals surface area contributed by atoms with Crippen LogP contribution in [0.15, 0.2) is 57.1 Å². The number of hydrogen-bond donors (Lipinski definition) is 2. The summed E-state index contributed by atoms with van der Waals surface area (Å²) in [4.78, 5) is 40.3. The lowest BCUT2D eigenvalue weighted by Crippen LogP contribution is -2.23. The highest BCUT2D eigenvalue weighted by molar-refractivity contribution is 8.01. The van der Waals surface area contributed by atoms with Gasteiger partial charge in [-0.1, -0.05) is 37.7 Å². The molecular formula is C22H22N4O4S2. The molecule has 1 aromatic heterocycles. The number of amides is 2.